The highest BCUT2D eigenvalue weighted by Crippen LogP contribution is 2.27. The summed E-state index contributed by atoms with van der Waals surface area (Å²) in [5, 5.41) is 9.64. The number of rotatable bonds is 3. The second-order valence-electron chi connectivity index (χ2n) is 4.98. The van der Waals surface area contributed by atoms with Crippen LogP contribution in [0.3, 0.4) is 0 Å². The van der Waals surface area contributed by atoms with Crippen molar-refractivity contribution >= 4 is 6.21 Å². The first kappa shape index (κ1) is 12.2. The van der Waals surface area contributed by atoms with E-state index < -0.39 is 0 Å². The molecule has 1 fully saturated rings. The van der Waals surface area contributed by atoms with Crippen molar-refractivity contribution < 1.29 is 5.11 Å². The lowest BCUT2D eigenvalue weighted by molar-refractivity contribution is 0.318. The molecule has 0 unspecified atom stereocenters. The number of nitrogens with zero attached hydrogens (tertiary/aromatic N) is 1. The van der Waals surface area contributed by atoms with Crippen molar-refractivity contribution in [2.75, 3.05) is 0 Å². The maximum Gasteiger partial charge on any atom is 0.124 e. The molecule has 1 aliphatic carbocycles. The van der Waals surface area contributed by atoms with E-state index in [1.165, 1.54) is 32.1 Å². The Labute approximate surface area is 103 Å². The van der Waals surface area contributed by atoms with Gasteiger partial charge in [0.1, 0.15) is 5.75 Å². The second kappa shape index (κ2) is 5.85. The van der Waals surface area contributed by atoms with Gasteiger partial charge >= 0.3 is 0 Å². The molecule has 0 aromatic heterocycles. The van der Waals surface area contributed by atoms with Crippen LogP contribution < -0.4 is 0 Å². The number of aromatic hydroxyl groups is 1. The van der Waals surface area contributed by atoms with Crippen LogP contribution in [0.1, 0.15) is 44.6 Å². The second-order valence-corrected chi connectivity index (χ2v) is 4.98. The van der Waals surface area contributed by atoms with Crippen LogP contribution in [-0.4, -0.2) is 17.4 Å². The van der Waals surface area contributed by atoms with E-state index >= 15 is 0 Å². The molecule has 1 N–H and O–H groups in total. The summed E-state index contributed by atoms with van der Waals surface area (Å²) in [7, 11) is 0. The Balaban J connectivity index is 1.97. The van der Waals surface area contributed by atoms with Crippen LogP contribution in [0.2, 0.25) is 0 Å². The van der Waals surface area contributed by atoms with Gasteiger partial charge in [-0.3, -0.25) is 4.99 Å². The van der Waals surface area contributed by atoms with Crippen LogP contribution in [-0.2, 0) is 0 Å². The molecule has 0 spiro atoms. The van der Waals surface area contributed by atoms with E-state index in [0.29, 0.717) is 11.8 Å². The smallest absolute Gasteiger partial charge is 0.124 e. The van der Waals surface area contributed by atoms with Crippen LogP contribution >= 0.6 is 0 Å². The van der Waals surface area contributed by atoms with Crippen LogP contribution in [0.4, 0.5) is 0 Å². The molecule has 1 atom stereocenters. The van der Waals surface area contributed by atoms with Crippen molar-refractivity contribution in [3.05, 3.63) is 29.8 Å². The highest BCUT2D eigenvalue weighted by molar-refractivity contribution is 5.83. The lowest BCUT2D eigenvalue weighted by atomic mass is 9.85. The Kier molecular flexibility index (Phi) is 4.18. The molecular formula is C15H21NO. The van der Waals surface area contributed by atoms with E-state index in [1.807, 2.05) is 24.4 Å². The monoisotopic (exact) mass is 231 g/mol. The van der Waals surface area contributed by atoms with Crippen molar-refractivity contribution in [2.24, 2.45) is 10.9 Å². The maximum absolute atomic E-state index is 9.64. The number of phenolic OH excluding ortho intramolecular Hbond substituents is 1. The SMILES string of the molecule is C[C@H](N=Cc1ccccc1O)C1CCCCC1. The summed E-state index contributed by atoms with van der Waals surface area (Å²) in [5.41, 5.74) is 0.815. The Hall–Kier alpha value is -1.31. The molecule has 1 saturated carbocycles. The number of phenols is 1. The quantitative estimate of drug-likeness (QED) is 0.789. The van der Waals surface area contributed by atoms with E-state index in [4.69, 9.17) is 0 Å². The van der Waals surface area contributed by atoms with Gasteiger partial charge in [0.15, 0.2) is 0 Å². The summed E-state index contributed by atoms with van der Waals surface area (Å²) >= 11 is 0. The normalized spacial score (nSPS) is 19.6. The molecule has 92 valence electrons. The molecule has 0 aliphatic heterocycles. The summed E-state index contributed by atoms with van der Waals surface area (Å²) < 4.78 is 0. The third kappa shape index (κ3) is 3.32. The number of hydrogen-bond acceptors (Lipinski definition) is 2. The molecule has 0 heterocycles. The first-order valence-electron chi connectivity index (χ1n) is 6.58. The van der Waals surface area contributed by atoms with Gasteiger partial charge in [0, 0.05) is 17.8 Å². The van der Waals surface area contributed by atoms with Gasteiger partial charge in [-0.25, -0.2) is 0 Å². The third-order valence-corrected chi connectivity index (χ3v) is 3.72. The van der Waals surface area contributed by atoms with Gasteiger partial charge in [-0.1, -0.05) is 31.4 Å². The number of aliphatic imine (C=N–C) groups is 1. The average Bonchev–Trinajstić information content (AvgIpc) is 2.38. The van der Waals surface area contributed by atoms with Crippen molar-refractivity contribution in [1.82, 2.24) is 0 Å². The Morgan fingerprint density at radius 3 is 2.65 bits per heavy atom. The van der Waals surface area contributed by atoms with E-state index in [9.17, 15) is 5.11 Å². The molecule has 0 radical (unpaired) electrons. The van der Waals surface area contributed by atoms with Crippen LogP contribution in [0.25, 0.3) is 0 Å². The van der Waals surface area contributed by atoms with E-state index in [-0.39, 0.29) is 0 Å². The van der Waals surface area contributed by atoms with Gasteiger partial charge in [-0.05, 0) is 37.8 Å². The topological polar surface area (TPSA) is 32.6 Å². The minimum atomic E-state index is 0.312. The highest BCUT2D eigenvalue weighted by Gasteiger charge is 2.18. The number of para-hydroxylation sites is 1. The summed E-state index contributed by atoms with van der Waals surface area (Å²) in [6.07, 6.45) is 8.50. The van der Waals surface area contributed by atoms with E-state index in [0.717, 1.165) is 11.5 Å². The predicted molar refractivity (Wildman–Crippen MR) is 71.7 cm³/mol. The van der Waals surface area contributed by atoms with Gasteiger partial charge in [0.25, 0.3) is 0 Å². The standard InChI is InChI=1S/C15H21NO/c1-12(13-7-3-2-4-8-13)16-11-14-9-5-6-10-15(14)17/h5-6,9-13,17H,2-4,7-8H2,1H3/t12-/m0/s1. The van der Waals surface area contributed by atoms with Gasteiger partial charge < -0.3 is 5.11 Å². The first-order chi connectivity index (χ1) is 8.27. The number of hydrogen-bond donors (Lipinski definition) is 1. The molecule has 1 aromatic carbocycles. The number of benzene rings is 1. The van der Waals surface area contributed by atoms with Crippen molar-refractivity contribution in [3.8, 4) is 5.75 Å². The van der Waals surface area contributed by atoms with Gasteiger partial charge in [-0.2, -0.15) is 0 Å². The first-order valence-corrected chi connectivity index (χ1v) is 6.58. The zero-order chi connectivity index (χ0) is 12.1. The van der Waals surface area contributed by atoms with Crippen LogP contribution in [0.5, 0.6) is 5.75 Å². The molecule has 0 bridgehead atoms. The predicted octanol–water partition coefficient (Wildman–Crippen LogP) is 3.78. The summed E-state index contributed by atoms with van der Waals surface area (Å²) in [5.74, 6) is 1.04. The van der Waals surface area contributed by atoms with E-state index in [2.05, 4.69) is 11.9 Å². The Morgan fingerprint density at radius 2 is 1.94 bits per heavy atom. The van der Waals surface area contributed by atoms with Gasteiger partial charge in [0.2, 0.25) is 0 Å². The van der Waals surface area contributed by atoms with Gasteiger partial charge in [0.05, 0.1) is 0 Å². The lowest BCUT2D eigenvalue weighted by Gasteiger charge is -2.24. The van der Waals surface area contributed by atoms with Crippen molar-refractivity contribution in [1.29, 1.82) is 0 Å². The van der Waals surface area contributed by atoms with Crippen molar-refractivity contribution in [2.45, 2.75) is 45.1 Å². The lowest BCUT2D eigenvalue weighted by Crippen LogP contribution is -2.18. The Bertz CT molecular complexity index is 380. The van der Waals surface area contributed by atoms with Crippen LogP contribution in [0, 0.1) is 5.92 Å². The summed E-state index contributed by atoms with van der Waals surface area (Å²) in [4.78, 5) is 4.59. The molecule has 0 saturated heterocycles. The molecular weight excluding hydrogens is 210 g/mol. The molecule has 1 aliphatic rings. The molecule has 0 amide bonds. The molecule has 1 aromatic rings. The van der Waals surface area contributed by atoms with E-state index in [1.54, 1.807) is 6.07 Å². The minimum absolute atomic E-state index is 0.312. The summed E-state index contributed by atoms with van der Waals surface area (Å²) in [6, 6.07) is 7.72. The molecule has 2 nitrogen and oxygen atoms in total. The fourth-order valence-electron chi connectivity index (χ4n) is 2.53. The van der Waals surface area contributed by atoms with Crippen LogP contribution in [0.15, 0.2) is 29.3 Å². The zero-order valence-electron chi connectivity index (χ0n) is 10.5. The highest BCUT2D eigenvalue weighted by atomic mass is 16.3. The third-order valence-electron chi connectivity index (χ3n) is 3.72. The molecule has 2 rings (SSSR count). The molecule has 2 heteroatoms. The minimum Gasteiger partial charge on any atom is -0.507 e. The summed E-state index contributed by atoms with van der Waals surface area (Å²) in [6.45, 7) is 2.19. The average molecular weight is 231 g/mol. The van der Waals surface area contributed by atoms with Gasteiger partial charge in [-0.15, -0.1) is 0 Å². The van der Waals surface area contributed by atoms with Crippen molar-refractivity contribution in [3.63, 3.8) is 0 Å². The molecule has 17 heavy (non-hydrogen) atoms. The fourth-order valence-corrected chi connectivity index (χ4v) is 2.53. The largest absolute Gasteiger partial charge is 0.507 e. The maximum atomic E-state index is 9.64. The fraction of sp³-hybridized carbons (Fsp3) is 0.533. The Morgan fingerprint density at radius 1 is 1.24 bits per heavy atom. The zero-order valence-corrected chi connectivity index (χ0v) is 10.5.